The average molecular weight is 391 g/mol. The first kappa shape index (κ1) is 19.7. The Morgan fingerprint density at radius 2 is 1.57 bits per heavy atom. The SMILES string of the molecule is COC(=O)C1CCN(C(=O)C(C)NC(=O)CC23CC4CC(CC(C4)C2)C3)CC1. The van der Waals surface area contributed by atoms with Crippen LogP contribution in [0, 0.1) is 29.1 Å². The van der Waals surface area contributed by atoms with E-state index in [4.69, 9.17) is 4.74 Å². The molecule has 0 spiro atoms. The van der Waals surface area contributed by atoms with Gasteiger partial charge in [-0.1, -0.05) is 0 Å². The molecule has 4 bridgehead atoms. The molecule has 0 aromatic rings. The fourth-order valence-corrected chi connectivity index (χ4v) is 6.98. The normalized spacial score (nSPS) is 35.5. The zero-order chi connectivity index (χ0) is 19.9. The van der Waals surface area contributed by atoms with E-state index < -0.39 is 6.04 Å². The van der Waals surface area contributed by atoms with E-state index in [0.717, 1.165) is 17.8 Å². The third-order valence-corrected chi connectivity index (χ3v) is 7.79. The lowest BCUT2D eigenvalue weighted by Gasteiger charge is -2.56. The van der Waals surface area contributed by atoms with Gasteiger partial charge in [-0.25, -0.2) is 0 Å². The molecule has 4 saturated carbocycles. The number of hydrogen-bond donors (Lipinski definition) is 1. The summed E-state index contributed by atoms with van der Waals surface area (Å²) in [7, 11) is 1.40. The smallest absolute Gasteiger partial charge is 0.308 e. The van der Waals surface area contributed by atoms with Crippen LogP contribution in [-0.2, 0) is 19.1 Å². The molecule has 5 fully saturated rings. The van der Waals surface area contributed by atoms with Gasteiger partial charge in [0.2, 0.25) is 11.8 Å². The molecule has 156 valence electrons. The molecule has 1 saturated heterocycles. The van der Waals surface area contributed by atoms with Crippen LogP contribution in [0.15, 0.2) is 0 Å². The molecule has 4 aliphatic carbocycles. The number of nitrogens with zero attached hydrogens (tertiary/aromatic N) is 1. The number of carbonyl (C=O) groups excluding carboxylic acids is 3. The van der Waals surface area contributed by atoms with Gasteiger partial charge in [-0.2, -0.15) is 0 Å². The number of carbonyl (C=O) groups is 3. The van der Waals surface area contributed by atoms with Gasteiger partial charge in [0, 0.05) is 19.5 Å². The number of amides is 2. The monoisotopic (exact) mass is 390 g/mol. The summed E-state index contributed by atoms with van der Waals surface area (Å²) in [6, 6.07) is -0.504. The van der Waals surface area contributed by atoms with Crippen molar-refractivity contribution in [2.45, 2.75) is 70.8 Å². The zero-order valence-electron chi connectivity index (χ0n) is 17.2. The van der Waals surface area contributed by atoms with Crippen LogP contribution in [0.2, 0.25) is 0 Å². The molecule has 6 heteroatoms. The number of methoxy groups -OCH3 is 1. The fraction of sp³-hybridized carbons (Fsp3) is 0.864. The lowest BCUT2D eigenvalue weighted by molar-refractivity contribution is -0.149. The first-order valence-corrected chi connectivity index (χ1v) is 11.0. The van der Waals surface area contributed by atoms with Crippen molar-refractivity contribution in [3.63, 3.8) is 0 Å². The van der Waals surface area contributed by atoms with Gasteiger partial charge >= 0.3 is 5.97 Å². The summed E-state index contributed by atoms with van der Waals surface area (Å²) < 4.78 is 4.80. The largest absolute Gasteiger partial charge is 0.469 e. The van der Waals surface area contributed by atoms with Crippen molar-refractivity contribution in [2.75, 3.05) is 20.2 Å². The predicted octanol–water partition coefficient (Wildman–Crippen LogP) is 2.51. The number of ether oxygens (including phenoxy) is 1. The molecule has 28 heavy (non-hydrogen) atoms. The number of piperidine rings is 1. The minimum absolute atomic E-state index is 0.0345. The molecule has 0 aromatic carbocycles. The summed E-state index contributed by atoms with van der Waals surface area (Å²) >= 11 is 0. The minimum Gasteiger partial charge on any atom is -0.469 e. The van der Waals surface area contributed by atoms with Crippen LogP contribution in [-0.4, -0.2) is 48.9 Å². The van der Waals surface area contributed by atoms with Crippen LogP contribution in [0.25, 0.3) is 0 Å². The van der Waals surface area contributed by atoms with Crippen LogP contribution in [0.4, 0.5) is 0 Å². The van der Waals surface area contributed by atoms with Gasteiger partial charge in [-0.15, -0.1) is 0 Å². The number of esters is 1. The molecule has 0 radical (unpaired) electrons. The van der Waals surface area contributed by atoms with E-state index in [1.165, 1.54) is 45.6 Å². The van der Waals surface area contributed by atoms with Gasteiger partial charge in [0.15, 0.2) is 0 Å². The Kier molecular flexibility index (Phi) is 5.41. The van der Waals surface area contributed by atoms with Crippen molar-refractivity contribution < 1.29 is 19.1 Å². The molecule has 1 unspecified atom stereocenters. The Morgan fingerprint density at radius 1 is 1.04 bits per heavy atom. The summed E-state index contributed by atoms with van der Waals surface area (Å²) in [6.07, 6.45) is 9.57. The molecular formula is C22H34N2O4. The van der Waals surface area contributed by atoms with Crippen molar-refractivity contribution in [3.8, 4) is 0 Å². The zero-order valence-corrected chi connectivity index (χ0v) is 17.2. The van der Waals surface area contributed by atoms with Crippen LogP contribution >= 0.6 is 0 Å². The second-order valence-electron chi connectivity index (χ2n) is 10.0. The van der Waals surface area contributed by atoms with E-state index >= 15 is 0 Å². The molecule has 0 aromatic heterocycles. The Bertz CT molecular complexity index is 603. The van der Waals surface area contributed by atoms with E-state index in [0.29, 0.717) is 32.4 Å². The number of nitrogens with one attached hydrogen (secondary N) is 1. The Labute approximate surface area is 167 Å². The fourth-order valence-electron chi connectivity index (χ4n) is 6.98. The molecule has 2 amide bonds. The van der Waals surface area contributed by atoms with Crippen LogP contribution in [0.5, 0.6) is 0 Å². The molecular weight excluding hydrogens is 356 g/mol. The lowest BCUT2D eigenvalue weighted by atomic mass is 9.49. The van der Waals surface area contributed by atoms with Crippen LogP contribution < -0.4 is 5.32 Å². The van der Waals surface area contributed by atoms with Crippen LogP contribution in [0.3, 0.4) is 0 Å². The maximum absolute atomic E-state index is 12.8. The van der Waals surface area contributed by atoms with E-state index in [2.05, 4.69) is 5.32 Å². The summed E-state index contributed by atoms with van der Waals surface area (Å²) in [4.78, 5) is 38.9. The van der Waals surface area contributed by atoms with E-state index in [-0.39, 0.29) is 29.1 Å². The van der Waals surface area contributed by atoms with Gasteiger partial charge < -0.3 is 15.0 Å². The highest BCUT2D eigenvalue weighted by Crippen LogP contribution is 2.61. The number of rotatable bonds is 5. The predicted molar refractivity (Wildman–Crippen MR) is 104 cm³/mol. The topological polar surface area (TPSA) is 75.7 Å². The first-order chi connectivity index (χ1) is 13.4. The molecule has 5 aliphatic rings. The van der Waals surface area contributed by atoms with Gasteiger partial charge in [0.25, 0.3) is 0 Å². The van der Waals surface area contributed by atoms with E-state index in [1.54, 1.807) is 11.8 Å². The quantitative estimate of drug-likeness (QED) is 0.732. The molecule has 1 atom stereocenters. The van der Waals surface area contributed by atoms with Crippen LogP contribution in [0.1, 0.15) is 64.7 Å². The van der Waals surface area contributed by atoms with Gasteiger partial charge in [-0.3, -0.25) is 14.4 Å². The molecule has 5 rings (SSSR count). The summed E-state index contributed by atoms with van der Waals surface area (Å²) in [5, 5.41) is 2.98. The Balaban J connectivity index is 1.27. The third kappa shape index (κ3) is 3.92. The Hall–Kier alpha value is -1.59. The highest BCUT2D eigenvalue weighted by Gasteiger charge is 2.51. The maximum Gasteiger partial charge on any atom is 0.308 e. The summed E-state index contributed by atoms with van der Waals surface area (Å²) in [5.41, 5.74) is 0.195. The van der Waals surface area contributed by atoms with Crippen molar-refractivity contribution in [3.05, 3.63) is 0 Å². The van der Waals surface area contributed by atoms with E-state index in [9.17, 15) is 14.4 Å². The molecule has 6 nitrogen and oxygen atoms in total. The summed E-state index contributed by atoms with van der Waals surface area (Å²) in [5.74, 6) is 2.17. The van der Waals surface area contributed by atoms with Crippen molar-refractivity contribution in [1.29, 1.82) is 0 Å². The molecule has 1 heterocycles. The standard InChI is InChI=1S/C22H34N2O4/c1-14(20(26)24-5-3-18(4-6-24)21(27)28-2)23-19(25)13-22-10-15-7-16(11-22)9-17(8-15)12-22/h14-18H,3-13H2,1-2H3,(H,23,25). The van der Waals surface area contributed by atoms with Crippen molar-refractivity contribution in [1.82, 2.24) is 10.2 Å². The molecule has 1 aliphatic heterocycles. The number of likely N-dealkylation sites (tertiary alicyclic amines) is 1. The Morgan fingerprint density at radius 3 is 2.07 bits per heavy atom. The van der Waals surface area contributed by atoms with E-state index in [1.807, 2.05) is 0 Å². The molecule has 1 N–H and O–H groups in total. The number of hydrogen-bond acceptors (Lipinski definition) is 4. The average Bonchev–Trinajstić information content (AvgIpc) is 2.65. The van der Waals surface area contributed by atoms with Gasteiger partial charge in [0.05, 0.1) is 13.0 Å². The van der Waals surface area contributed by atoms with Gasteiger partial charge in [-0.05, 0) is 81.5 Å². The van der Waals surface area contributed by atoms with Gasteiger partial charge in [0.1, 0.15) is 6.04 Å². The lowest BCUT2D eigenvalue weighted by Crippen LogP contribution is -2.52. The maximum atomic E-state index is 12.8. The first-order valence-electron chi connectivity index (χ1n) is 11.0. The highest BCUT2D eigenvalue weighted by molar-refractivity contribution is 5.87. The van der Waals surface area contributed by atoms with Crippen molar-refractivity contribution >= 4 is 17.8 Å². The minimum atomic E-state index is -0.504. The summed E-state index contributed by atoms with van der Waals surface area (Å²) in [6.45, 7) is 2.88. The second-order valence-corrected chi connectivity index (χ2v) is 10.0. The third-order valence-electron chi connectivity index (χ3n) is 7.79. The second kappa shape index (κ2) is 7.68. The van der Waals surface area contributed by atoms with Crippen molar-refractivity contribution in [2.24, 2.45) is 29.1 Å². The highest BCUT2D eigenvalue weighted by atomic mass is 16.5.